The molecule has 0 saturated carbocycles. The Balaban J connectivity index is 2.08. The Kier molecular flexibility index (Phi) is 2.91. The van der Waals surface area contributed by atoms with Gasteiger partial charge in [0, 0.05) is 7.05 Å². The van der Waals surface area contributed by atoms with Crippen molar-refractivity contribution in [3.63, 3.8) is 0 Å². The minimum absolute atomic E-state index is 0.283. The number of hydrogen-bond acceptors (Lipinski definition) is 3. The van der Waals surface area contributed by atoms with Crippen molar-refractivity contribution in [2.75, 3.05) is 0 Å². The fraction of sp³-hybridized carbons (Fsp3) is 0.583. The van der Waals surface area contributed by atoms with E-state index in [2.05, 4.69) is 4.98 Å². The highest BCUT2D eigenvalue weighted by Crippen LogP contribution is 2.36. The first-order valence-corrected chi connectivity index (χ1v) is 5.82. The molecule has 2 heterocycles. The molecule has 1 aromatic rings. The van der Waals surface area contributed by atoms with Crippen LogP contribution in [0.25, 0.3) is 6.08 Å². The van der Waals surface area contributed by atoms with E-state index in [1.54, 1.807) is 6.33 Å². The summed E-state index contributed by atoms with van der Waals surface area (Å²) in [4.78, 5) is 4.05. The molecule has 1 saturated heterocycles. The van der Waals surface area contributed by atoms with Crippen molar-refractivity contribution in [3.8, 4) is 0 Å². The molecule has 0 amide bonds. The number of rotatable bonds is 2. The van der Waals surface area contributed by atoms with E-state index in [1.807, 2.05) is 57.6 Å². The average molecular weight is 234 g/mol. The lowest BCUT2D eigenvalue weighted by molar-refractivity contribution is 0.00578. The van der Waals surface area contributed by atoms with Crippen molar-refractivity contribution >= 4 is 13.2 Å². The number of aryl methyl sites for hydroxylation is 1. The van der Waals surface area contributed by atoms with Gasteiger partial charge in [0.05, 0.1) is 29.4 Å². The first kappa shape index (κ1) is 12.4. The molecular formula is C12H19BN2O2. The predicted octanol–water partition coefficient (Wildman–Crippen LogP) is 2.06. The molecule has 1 fully saturated rings. The van der Waals surface area contributed by atoms with E-state index >= 15 is 0 Å². The van der Waals surface area contributed by atoms with Crippen molar-refractivity contribution in [1.82, 2.24) is 9.55 Å². The second kappa shape index (κ2) is 4.00. The minimum atomic E-state index is -0.296. The van der Waals surface area contributed by atoms with Gasteiger partial charge in [-0.1, -0.05) is 5.98 Å². The SMILES string of the molecule is Cn1cncc1/C=C/B1OC(C)(C)C(C)(C)O1. The second-order valence-electron chi connectivity index (χ2n) is 5.41. The fourth-order valence-corrected chi connectivity index (χ4v) is 1.67. The standard InChI is InChI=1S/C12H19BN2O2/c1-11(2)12(3,4)17-13(16-11)7-6-10-8-14-9-15(10)5/h6-9H,1-5H3/b7-6+. The molecule has 0 aliphatic carbocycles. The monoisotopic (exact) mass is 234 g/mol. The Hall–Kier alpha value is -1.07. The molecule has 1 aromatic heterocycles. The molecule has 0 atom stereocenters. The maximum absolute atomic E-state index is 5.86. The molecule has 0 unspecified atom stereocenters. The summed E-state index contributed by atoms with van der Waals surface area (Å²) in [5.74, 6) is 1.92. The largest absolute Gasteiger partial charge is 0.487 e. The molecule has 4 nitrogen and oxygen atoms in total. The molecule has 92 valence electrons. The van der Waals surface area contributed by atoms with Gasteiger partial charge < -0.3 is 13.9 Å². The van der Waals surface area contributed by atoms with Gasteiger partial charge in [-0.25, -0.2) is 4.98 Å². The van der Waals surface area contributed by atoms with Crippen LogP contribution in [0.5, 0.6) is 0 Å². The lowest BCUT2D eigenvalue weighted by Gasteiger charge is -2.32. The summed E-state index contributed by atoms with van der Waals surface area (Å²) in [5.41, 5.74) is 0.461. The first-order valence-electron chi connectivity index (χ1n) is 5.82. The quantitative estimate of drug-likeness (QED) is 0.735. The van der Waals surface area contributed by atoms with Crippen LogP contribution in [-0.2, 0) is 16.4 Å². The average Bonchev–Trinajstić information content (AvgIpc) is 2.66. The summed E-state index contributed by atoms with van der Waals surface area (Å²) in [7, 11) is 1.66. The summed E-state index contributed by atoms with van der Waals surface area (Å²) in [6.45, 7) is 8.19. The van der Waals surface area contributed by atoms with Gasteiger partial charge in [0.2, 0.25) is 0 Å². The molecule has 1 aliphatic heterocycles. The smallest absolute Gasteiger partial charge is 0.400 e. The zero-order chi connectivity index (χ0) is 12.7. The Labute approximate surface area is 103 Å². The van der Waals surface area contributed by atoms with E-state index in [0.717, 1.165) is 5.69 Å². The van der Waals surface area contributed by atoms with Gasteiger partial charge in [-0.15, -0.1) is 0 Å². The normalized spacial score (nSPS) is 22.5. The van der Waals surface area contributed by atoms with Crippen LogP contribution >= 0.6 is 0 Å². The summed E-state index contributed by atoms with van der Waals surface area (Å²) < 4.78 is 13.7. The van der Waals surface area contributed by atoms with Gasteiger partial charge >= 0.3 is 7.12 Å². The van der Waals surface area contributed by atoms with Crippen LogP contribution in [0.1, 0.15) is 33.4 Å². The van der Waals surface area contributed by atoms with Gasteiger partial charge in [-0.3, -0.25) is 0 Å². The Morgan fingerprint density at radius 2 is 1.82 bits per heavy atom. The summed E-state index contributed by atoms with van der Waals surface area (Å²) >= 11 is 0. The maximum atomic E-state index is 5.86. The van der Waals surface area contributed by atoms with Crippen LogP contribution < -0.4 is 0 Å². The lowest BCUT2D eigenvalue weighted by Crippen LogP contribution is -2.41. The zero-order valence-electron chi connectivity index (χ0n) is 11.1. The van der Waals surface area contributed by atoms with Crippen LogP contribution in [0.15, 0.2) is 18.5 Å². The van der Waals surface area contributed by atoms with Crippen molar-refractivity contribution in [3.05, 3.63) is 24.2 Å². The number of aromatic nitrogens is 2. The van der Waals surface area contributed by atoms with Crippen molar-refractivity contribution in [1.29, 1.82) is 0 Å². The molecular weight excluding hydrogens is 215 g/mol. The van der Waals surface area contributed by atoms with Crippen LogP contribution in [0.3, 0.4) is 0 Å². The molecule has 0 bridgehead atoms. The summed E-state index contributed by atoms with van der Waals surface area (Å²) in [6.07, 6.45) is 5.54. The van der Waals surface area contributed by atoms with Gasteiger partial charge in [0.25, 0.3) is 0 Å². The first-order chi connectivity index (χ1) is 7.82. The lowest BCUT2D eigenvalue weighted by atomic mass is 9.90. The van der Waals surface area contributed by atoms with Crippen LogP contribution in [0.4, 0.5) is 0 Å². The van der Waals surface area contributed by atoms with Gasteiger partial charge in [0.15, 0.2) is 0 Å². The summed E-state index contributed by atoms with van der Waals surface area (Å²) in [5, 5.41) is 0. The Bertz CT molecular complexity index is 421. The van der Waals surface area contributed by atoms with Crippen LogP contribution in [-0.4, -0.2) is 27.9 Å². The molecule has 0 radical (unpaired) electrons. The predicted molar refractivity (Wildman–Crippen MR) is 68.3 cm³/mol. The van der Waals surface area contributed by atoms with Crippen LogP contribution in [0, 0.1) is 0 Å². The van der Waals surface area contributed by atoms with E-state index in [-0.39, 0.29) is 18.3 Å². The third-order valence-corrected chi connectivity index (χ3v) is 3.55. The third-order valence-electron chi connectivity index (χ3n) is 3.55. The Morgan fingerprint density at radius 3 is 2.29 bits per heavy atom. The second-order valence-corrected chi connectivity index (χ2v) is 5.41. The molecule has 0 spiro atoms. The molecule has 2 rings (SSSR count). The fourth-order valence-electron chi connectivity index (χ4n) is 1.67. The highest BCUT2D eigenvalue weighted by molar-refractivity contribution is 6.52. The van der Waals surface area contributed by atoms with E-state index in [4.69, 9.17) is 9.31 Å². The van der Waals surface area contributed by atoms with E-state index < -0.39 is 0 Å². The van der Waals surface area contributed by atoms with Gasteiger partial charge in [-0.05, 0) is 33.8 Å². The zero-order valence-corrected chi connectivity index (χ0v) is 11.1. The molecule has 1 aliphatic rings. The molecule has 0 aromatic carbocycles. The number of hydrogen-bond donors (Lipinski definition) is 0. The Morgan fingerprint density at radius 1 is 1.24 bits per heavy atom. The minimum Gasteiger partial charge on any atom is -0.400 e. The van der Waals surface area contributed by atoms with Crippen molar-refractivity contribution in [2.24, 2.45) is 7.05 Å². The van der Waals surface area contributed by atoms with E-state index in [9.17, 15) is 0 Å². The molecule has 0 N–H and O–H groups in total. The molecule has 5 heteroatoms. The topological polar surface area (TPSA) is 36.3 Å². The number of imidazole rings is 1. The maximum Gasteiger partial charge on any atom is 0.487 e. The number of nitrogens with zero attached hydrogens (tertiary/aromatic N) is 2. The molecule has 17 heavy (non-hydrogen) atoms. The van der Waals surface area contributed by atoms with Gasteiger partial charge in [0.1, 0.15) is 0 Å². The third kappa shape index (κ3) is 2.30. The highest BCUT2D eigenvalue weighted by atomic mass is 16.7. The highest BCUT2D eigenvalue weighted by Gasteiger charge is 2.49. The van der Waals surface area contributed by atoms with Crippen molar-refractivity contribution in [2.45, 2.75) is 38.9 Å². The van der Waals surface area contributed by atoms with Crippen LogP contribution in [0.2, 0.25) is 0 Å². The van der Waals surface area contributed by atoms with E-state index in [0.29, 0.717) is 0 Å². The van der Waals surface area contributed by atoms with Crippen molar-refractivity contribution < 1.29 is 9.31 Å². The van der Waals surface area contributed by atoms with Gasteiger partial charge in [-0.2, -0.15) is 0 Å². The van der Waals surface area contributed by atoms with E-state index in [1.165, 1.54) is 0 Å². The summed E-state index contributed by atoms with van der Waals surface area (Å²) in [6, 6.07) is 0.